The van der Waals surface area contributed by atoms with Gasteiger partial charge in [0.05, 0.1) is 14.2 Å². The summed E-state index contributed by atoms with van der Waals surface area (Å²) in [4.78, 5) is 10.9. The maximum absolute atomic E-state index is 10.9. The van der Waals surface area contributed by atoms with Crippen molar-refractivity contribution in [3.8, 4) is 28.7 Å². The number of benzene rings is 2. The van der Waals surface area contributed by atoms with Crippen LogP contribution in [0.2, 0.25) is 10.0 Å². The van der Waals surface area contributed by atoms with Gasteiger partial charge in [0.25, 0.3) is 5.89 Å². The van der Waals surface area contributed by atoms with Crippen LogP contribution in [0.3, 0.4) is 0 Å². The Morgan fingerprint density at radius 3 is 2.23 bits per heavy atom. The number of nitrogens with zero attached hydrogens (tertiary/aromatic N) is 2. The smallest absolute Gasteiger partial charge is 0.254 e. The summed E-state index contributed by atoms with van der Waals surface area (Å²) in [6, 6.07) is 8.27. The Morgan fingerprint density at radius 1 is 1.03 bits per heavy atom. The van der Waals surface area contributed by atoms with Gasteiger partial charge in [0.15, 0.2) is 18.1 Å². The van der Waals surface area contributed by atoms with Crippen molar-refractivity contribution in [2.24, 2.45) is 0 Å². The van der Waals surface area contributed by atoms with Crippen molar-refractivity contribution < 1.29 is 23.4 Å². The number of aromatic nitrogens is 2. The molecule has 0 radical (unpaired) electrons. The summed E-state index contributed by atoms with van der Waals surface area (Å²) in [6.45, 7) is -0.0383. The first-order valence-corrected chi connectivity index (χ1v) is 9.58. The fraction of sp³-hybridized carbons (Fsp3) is 0.150. The Balaban J connectivity index is 1.81. The number of halogens is 3. The van der Waals surface area contributed by atoms with Crippen molar-refractivity contribution in [2.75, 3.05) is 14.2 Å². The first-order chi connectivity index (χ1) is 14.4. The van der Waals surface area contributed by atoms with Crippen LogP contribution in [0.15, 0.2) is 40.8 Å². The molecule has 0 aliphatic rings. The molecule has 0 spiro atoms. The molecule has 2 aromatic carbocycles. The second-order valence-electron chi connectivity index (χ2n) is 5.84. The van der Waals surface area contributed by atoms with Gasteiger partial charge in [-0.1, -0.05) is 23.2 Å². The molecule has 7 nitrogen and oxygen atoms in total. The minimum absolute atomic E-state index is 0.0383. The van der Waals surface area contributed by atoms with E-state index in [-0.39, 0.29) is 18.4 Å². The third-order valence-electron chi connectivity index (χ3n) is 3.81. The van der Waals surface area contributed by atoms with Crippen LogP contribution in [-0.2, 0) is 11.4 Å². The second kappa shape index (κ2) is 9.84. The van der Waals surface area contributed by atoms with Gasteiger partial charge >= 0.3 is 0 Å². The van der Waals surface area contributed by atoms with E-state index in [9.17, 15) is 4.79 Å². The molecule has 0 atom stereocenters. The lowest BCUT2D eigenvalue weighted by Gasteiger charge is -2.14. The van der Waals surface area contributed by atoms with Crippen LogP contribution in [0.4, 0.5) is 0 Å². The molecule has 0 N–H and O–H groups in total. The van der Waals surface area contributed by atoms with Gasteiger partial charge in [-0.3, -0.25) is 4.79 Å². The number of carbonyl (C=O) groups excluding carboxylic acids is 1. The van der Waals surface area contributed by atoms with Crippen LogP contribution >= 0.6 is 34.8 Å². The molecule has 0 bridgehead atoms. The molecule has 0 amide bonds. The van der Waals surface area contributed by atoms with Crippen LogP contribution in [0, 0.1) is 0 Å². The summed E-state index contributed by atoms with van der Waals surface area (Å²) in [5.74, 6) is 1.58. The predicted octanol–water partition coefficient (Wildman–Crippen LogP) is 5.42. The lowest BCUT2D eigenvalue weighted by atomic mass is 10.1. The van der Waals surface area contributed by atoms with Crippen molar-refractivity contribution in [3.63, 3.8) is 0 Å². The van der Waals surface area contributed by atoms with E-state index in [1.165, 1.54) is 26.4 Å². The third-order valence-corrected chi connectivity index (χ3v) is 4.37. The van der Waals surface area contributed by atoms with E-state index in [0.717, 1.165) is 0 Å². The fourth-order valence-corrected chi connectivity index (χ4v) is 3.13. The molecule has 3 rings (SSSR count). The molecule has 10 heteroatoms. The summed E-state index contributed by atoms with van der Waals surface area (Å²) in [7, 11) is 2.96. The van der Waals surface area contributed by atoms with Crippen LogP contribution in [-0.4, -0.2) is 29.7 Å². The van der Waals surface area contributed by atoms with Crippen molar-refractivity contribution in [1.29, 1.82) is 0 Å². The normalized spacial score (nSPS) is 11.0. The summed E-state index contributed by atoms with van der Waals surface area (Å²) >= 11 is 17.4. The lowest BCUT2D eigenvalue weighted by molar-refractivity contribution is -0.107. The van der Waals surface area contributed by atoms with Crippen molar-refractivity contribution in [1.82, 2.24) is 10.2 Å². The van der Waals surface area contributed by atoms with Gasteiger partial charge in [-0.25, -0.2) is 0 Å². The van der Waals surface area contributed by atoms with Gasteiger partial charge in [0, 0.05) is 15.6 Å². The molecular weight excluding hydrogens is 455 g/mol. The lowest BCUT2D eigenvalue weighted by Crippen LogP contribution is -2.01. The van der Waals surface area contributed by atoms with Crippen LogP contribution in [0.5, 0.6) is 17.2 Å². The minimum atomic E-state index is -0.596. The SMILES string of the molecule is COc1cc(C=CC(=O)Cl)cc(OC)c1OCc1nnc(-c2cc(Cl)cc(Cl)c2)o1. The topological polar surface area (TPSA) is 83.7 Å². The number of allylic oxidation sites excluding steroid dienone is 1. The van der Waals surface area contributed by atoms with E-state index >= 15 is 0 Å². The first kappa shape index (κ1) is 22.0. The maximum Gasteiger partial charge on any atom is 0.254 e. The van der Waals surface area contributed by atoms with E-state index in [2.05, 4.69) is 10.2 Å². The molecule has 1 heterocycles. The van der Waals surface area contributed by atoms with E-state index in [4.69, 9.17) is 53.4 Å². The summed E-state index contributed by atoms with van der Waals surface area (Å²) in [6.07, 6.45) is 2.75. The highest BCUT2D eigenvalue weighted by molar-refractivity contribution is 6.66. The molecule has 0 aliphatic carbocycles. The van der Waals surface area contributed by atoms with Gasteiger partial charge in [-0.2, -0.15) is 0 Å². The Kier molecular flexibility index (Phi) is 7.20. The average molecular weight is 470 g/mol. The molecule has 156 valence electrons. The number of carbonyl (C=O) groups is 1. The molecule has 1 aromatic heterocycles. The number of methoxy groups -OCH3 is 2. The molecule has 3 aromatic rings. The highest BCUT2D eigenvalue weighted by atomic mass is 35.5. The Hall–Kier alpha value is -2.74. The van der Waals surface area contributed by atoms with E-state index in [0.29, 0.717) is 38.4 Å². The maximum atomic E-state index is 10.9. The van der Waals surface area contributed by atoms with Crippen LogP contribution in [0.25, 0.3) is 17.5 Å². The fourth-order valence-electron chi connectivity index (χ4n) is 2.54. The standard InChI is InChI=1S/C20H15Cl3N2O5/c1-27-15-5-11(3-4-17(23)26)6-16(28-2)19(15)29-10-18-24-25-20(30-18)12-7-13(21)9-14(22)8-12/h3-9H,10H2,1-2H3. The van der Waals surface area contributed by atoms with Crippen molar-refractivity contribution >= 4 is 46.1 Å². The largest absolute Gasteiger partial charge is 0.493 e. The zero-order valence-corrected chi connectivity index (χ0v) is 18.1. The Bertz CT molecular complexity index is 1050. The number of rotatable bonds is 8. The average Bonchev–Trinajstić information content (AvgIpc) is 3.18. The molecule has 0 saturated heterocycles. The van der Waals surface area contributed by atoms with Crippen molar-refractivity contribution in [2.45, 2.75) is 6.61 Å². The van der Waals surface area contributed by atoms with Gasteiger partial charge in [0.2, 0.25) is 16.9 Å². The van der Waals surface area contributed by atoms with Crippen LogP contribution in [0.1, 0.15) is 11.5 Å². The summed E-state index contributed by atoms with van der Waals surface area (Å²) in [5.41, 5.74) is 1.23. The molecule has 0 aliphatic heterocycles. The van der Waals surface area contributed by atoms with Crippen LogP contribution < -0.4 is 14.2 Å². The first-order valence-electron chi connectivity index (χ1n) is 8.45. The van der Waals surface area contributed by atoms with Gasteiger partial charge in [-0.05, 0) is 59.6 Å². The van der Waals surface area contributed by atoms with Gasteiger partial charge in [-0.15, -0.1) is 10.2 Å². The number of hydrogen-bond acceptors (Lipinski definition) is 7. The third kappa shape index (κ3) is 5.44. The molecule has 0 fully saturated rings. The number of hydrogen-bond donors (Lipinski definition) is 0. The minimum Gasteiger partial charge on any atom is -0.493 e. The van der Waals surface area contributed by atoms with Gasteiger partial charge < -0.3 is 18.6 Å². The molecule has 0 saturated carbocycles. The zero-order valence-electron chi connectivity index (χ0n) is 15.8. The summed E-state index contributed by atoms with van der Waals surface area (Å²) in [5, 5.41) is 8.27. The Morgan fingerprint density at radius 2 is 1.67 bits per heavy atom. The monoisotopic (exact) mass is 468 g/mol. The quantitative estimate of drug-likeness (QED) is 0.322. The Labute approximate surface area is 187 Å². The highest BCUT2D eigenvalue weighted by Crippen LogP contribution is 2.39. The predicted molar refractivity (Wildman–Crippen MR) is 114 cm³/mol. The van der Waals surface area contributed by atoms with Crippen molar-refractivity contribution in [3.05, 3.63) is 57.9 Å². The van der Waals surface area contributed by atoms with E-state index in [1.54, 1.807) is 30.3 Å². The van der Waals surface area contributed by atoms with Gasteiger partial charge in [0.1, 0.15) is 0 Å². The van der Waals surface area contributed by atoms with E-state index < -0.39 is 5.24 Å². The highest BCUT2D eigenvalue weighted by Gasteiger charge is 2.16. The second-order valence-corrected chi connectivity index (χ2v) is 7.09. The number of ether oxygens (including phenoxy) is 3. The summed E-state index contributed by atoms with van der Waals surface area (Å²) < 4.78 is 22.2. The molecular formula is C20H15Cl3N2O5. The molecule has 0 unspecified atom stereocenters. The van der Waals surface area contributed by atoms with E-state index in [1.807, 2.05) is 0 Å². The zero-order chi connectivity index (χ0) is 21.7. The molecule has 30 heavy (non-hydrogen) atoms.